The summed E-state index contributed by atoms with van der Waals surface area (Å²) in [6, 6.07) is 4.48. The number of carbonyl (C=O) groups excluding carboxylic acids is 1. The van der Waals surface area contributed by atoms with Crippen LogP contribution in [0, 0.1) is 24.0 Å². The van der Waals surface area contributed by atoms with Gasteiger partial charge in [0, 0.05) is 24.4 Å². The number of hydrogen-bond donors (Lipinski definition) is 1. The van der Waals surface area contributed by atoms with Crippen LogP contribution in [0.1, 0.15) is 21.6 Å². The van der Waals surface area contributed by atoms with Gasteiger partial charge in [-0.05, 0) is 19.9 Å². The second-order valence-corrected chi connectivity index (χ2v) is 4.95. The van der Waals surface area contributed by atoms with Gasteiger partial charge in [-0.25, -0.2) is 0 Å². The number of hydrogen-bond acceptors (Lipinski definition) is 4. The smallest absolute Gasteiger partial charge is 0.274 e. The predicted molar refractivity (Wildman–Crippen MR) is 78.7 cm³/mol. The highest BCUT2D eigenvalue weighted by Gasteiger charge is 2.20. The minimum atomic E-state index is -0.493. The van der Waals surface area contributed by atoms with Gasteiger partial charge in [0.1, 0.15) is 5.15 Å². The molecule has 110 valence electrons. The topological polar surface area (TPSA) is 90.1 Å². The van der Waals surface area contributed by atoms with Gasteiger partial charge in [0.05, 0.1) is 16.2 Å². The Morgan fingerprint density at radius 1 is 1.43 bits per heavy atom. The van der Waals surface area contributed by atoms with Crippen LogP contribution in [0.2, 0.25) is 5.15 Å². The van der Waals surface area contributed by atoms with Crippen LogP contribution in [0.4, 0.5) is 11.4 Å². The molecule has 1 heterocycles. The lowest BCUT2D eigenvalue weighted by molar-refractivity contribution is -0.385. The number of aromatic nitrogens is 2. The van der Waals surface area contributed by atoms with Gasteiger partial charge in [0.2, 0.25) is 0 Å². The number of anilines is 1. The van der Waals surface area contributed by atoms with Crippen molar-refractivity contribution in [1.82, 2.24) is 9.78 Å². The maximum atomic E-state index is 12.2. The number of rotatable bonds is 3. The number of carbonyl (C=O) groups is 1. The summed E-state index contributed by atoms with van der Waals surface area (Å²) in [5.74, 6) is -0.455. The molecule has 1 aromatic heterocycles. The first-order valence-corrected chi connectivity index (χ1v) is 6.44. The van der Waals surface area contributed by atoms with E-state index in [1.54, 1.807) is 33.0 Å². The van der Waals surface area contributed by atoms with E-state index < -0.39 is 10.8 Å². The lowest BCUT2D eigenvalue weighted by atomic mass is 10.1. The molecule has 2 rings (SSSR count). The summed E-state index contributed by atoms with van der Waals surface area (Å²) < 4.78 is 1.39. The zero-order valence-corrected chi connectivity index (χ0v) is 12.4. The molecular formula is C13H13ClN4O3. The van der Waals surface area contributed by atoms with Crippen LogP contribution >= 0.6 is 11.6 Å². The molecule has 2 aromatic rings. The Balaban J connectivity index is 2.32. The van der Waals surface area contributed by atoms with Crippen molar-refractivity contribution in [3.8, 4) is 0 Å². The highest BCUT2D eigenvalue weighted by Crippen LogP contribution is 2.24. The molecule has 1 N–H and O–H groups in total. The molecule has 0 spiro atoms. The van der Waals surface area contributed by atoms with Crippen molar-refractivity contribution in [3.63, 3.8) is 0 Å². The normalized spacial score (nSPS) is 10.5. The van der Waals surface area contributed by atoms with Crippen molar-refractivity contribution in [1.29, 1.82) is 0 Å². The Kier molecular flexibility index (Phi) is 3.95. The summed E-state index contributed by atoms with van der Waals surface area (Å²) in [4.78, 5) is 22.6. The van der Waals surface area contributed by atoms with Crippen LogP contribution < -0.4 is 5.32 Å². The van der Waals surface area contributed by atoms with Crippen molar-refractivity contribution in [2.75, 3.05) is 5.32 Å². The van der Waals surface area contributed by atoms with E-state index in [-0.39, 0.29) is 16.4 Å². The number of halogens is 1. The zero-order valence-electron chi connectivity index (χ0n) is 11.7. The molecule has 0 saturated heterocycles. The molecule has 0 fully saturated rings. The largest absolute Gasteiger partial charge is 0.322 e. The van der Waals surface area contributed by atoms with Crippen molar-refractivity contribution < 1.29 is 9.72 Å². The van der Waals surface area contributed by atoms with Crippen molar-refractivity contribution >= 4 is 28.9 Å². The summed E-state index contributed by atoms with van der Waals surface area (Å²) in [5.41, 5.74) is 1.54. The summed E-state index contributed by atoms with van der Waals surface area (Å²) in [7, 11) is 1.63. The fourth-order valence-corrected chi connectivity index (χ4v) is 2.23. The minimum absolute atomic E-state index is 0.0539. The van der Waals surface area contributed by atoms with Gasteiger partial charge in [-0.3, -0.25) is 19.6 Å². The van der Waals surface area contributed by atoms with E-state index in [0.29, 0.717) is 16.9 Å². The fraction of sp³-hybridized carbons (Fsp3) is 0.231. The average molecular weight is 309 g/mol. The Morgan fingerprint density at radius 3 is 2.62 bits per heavy atom. The third kappa shape index (κ3) is 2.87. The molecule has 7 nitrogen and oxygen atoms in total. The van der Waals surface area contributed by atoms with Gasteiger partial charge in [-0.2, -0.15) is 5.10 Å². The molecule has 1 aromatic carbocycles. The number of nitrogens with one attached hydrogen (secondary N) is 1. The van der Waals surface area contributed by atoms with E-state index in [0.717, 1.165) is 0 Å². The average Bonchev–Trinajstić information content (AvgIpc) is 2.65. The molecule has 0 aliphatic heterocycles. The summed E-state index contributed by atoms with van der Waals surface area (Å²) in [6.45, 7) is 3.30. The van der Waals surface area contributed by atoms with Crippen LogP contribution in [0.5, 0.6) is 0 Å². The van der Waals surface area contributed by atoms with Crippen LogP contribution in [0.25, 0.3) is 0 Å². The fourth-order valence-electron chi connectivity index (χ4n) is 1.97. The first-order valence-electron chi connectivity index (χ1n) is 6.06. The number of aryl methyl sites for hydroxylation is 3. The zero-order chi connectivity index (χ0) is 15.7. The molecule has 8 heteroatoms. The van der Waals surface area contributed by atoms with Gasteiger partial charge in [0.15, 0.2) is 0 Å². The van der Waals surface area contributed by atoms with Gasteiger partial charge in [-0.15, -0.1) is 0 Å². The van der Waals surface area contributed by atoms with Crippen LogP contribution in [-0.2, 0) is 7.05 Å². The Labute approximate surface area is 125 Å². The highest BCUT2D eigenvalue weighted by molar-refractivity contribution is 6.33. The molecule has 0 unspecified atom stereocenters. The number of nitrogens with zero attached hydrogens (tertiary/aromatic N) is 3. The first-order chi connectivity index (χ1) is 9.81. The van der Waals surface area contributed by atoms with Gasteiger partial charge in [0.25, 0.3) is 11.6 Å². The molecule has 0 radical (unpaired) electrons. The van der Waals surface area contributed by atoms with E-state index in [1.165, 1.54) is 10.7 Å². The Morgan fingerprint density at radius 2 is 2.10 bits per heavy atom. The molecule has 0 bridgehead atoms. The van der Waals surface area contributed by atoms with E-state index in [2.05, 4.69) is 10.4 Å². The van der Waals surface area contributed by atoms with Crippen molar-refractivity contribution in [2.45, 2.75) is 13.8 Å². The second kappa shape index (κ2) is 5.53. The maximum absolute atomic E-state index is 12.2. The molecular weight excluding hydrogens is 296 g/mol. The standard InChI is InChI=1S/C13H13ClN4O3/c1-7-4-5-9(6-10(7)18(20)21)15-13(19)11-8(2)16-17(3)12(11)14/h4-6H,1-3H3,(H,15,19). The van der Waals surface area contributed by atoms with Crippen LogP contribution in [-0.4, -0.2) is 20.6 Å². The van der Waals surface area contributed by atoms with Crippen LogP contribution in [0.15, 0.2) is 18.2 Å². The molecule has 0 atom stereocenters. The number of benzene rings is 1. The van der Waals surface area contributed by atoms with E-state index in [1.807, 2.05) is 0 Å². The Bertz CT molecular complexity index is 739. The van der Waals surface area contributed by atoms with Gasteiger partial charge >= 0.3 is 0 Å². The molecule has 0 aliphatic rings. The first kappa shape index (κ1) is 15.0. The SMILES string of the molecule is Cc1ccc(NC(=O)c2c(C)nn(C)c2Cl)cc1[N+](=O)[O-]. The van der Waals surface area contributed by atoms with E-state index >= 15 is 0 Å². The van der Waals surface area contributed by atoms with Crippen molar-refractivity contribution in [2.24, 2.45) is 7.05 Å². The highest BCUT2D eigenvalue weighted by atomic mass is 35.5. The number of nitro benzene ring substituents is 1. The third-order valence-electron chi connectivity index (χ3n) is 3.04. The maximum Gasteiger partial charge on any atom is 0.274 e. The quantitative estimate of drug-likeness (QED) is 0.697. The second-order valence-electron chi connectivity index (χ2n) is 4.59. The minimum Gasteiger partial charge on any atom is -0.322 e. The van der Waals surface area contributed by atoms with Gasteiger partial charge < -0.3 is 5.32 Å². The number of nitro groups is 1. The third-order valence-corrected chi connectivity index (χ3v) is 3.48. The monoisotopic (exact) mass is 308 g/mol. The number of amides is 1. The lowest BCUT2D eigenvalue weighted by Crippen LogP contribution is -2.13. The molecule has 0 aliphatic carbocycles. The van der Waals surface area contributed by atoms with Crippen LogP contribution in [0.3, 0.4) is 0 Å². The van der Waals surface area contributed by atoms with E-state index in [4.69, 9.17) is 11.6 Å². The Hall–Kier alpha value is -2.41. The summed E-state index contributed by atoms with van der Waals surface area (Å²) in [5, 5.41) is 17.8. The predicted octanol–water partition coefficient (Wildman–Crippen LogP) is 2.85. The lowest BCUT2D eigenvalue weighted by Gasteiger charge is -2.06. The molecule has 0 saturated carbocycles. The van der Waals surface area contributed by atoms with Gasteiger partial charge in [-0.1, -0.05) is 17.7 Å². The summed E-state index contributed by atoms with van der Waals surface area (Å²) in [6.07, 6.45) is 0. The molecule has 1 amide bonds. The van der Waals surface area contributed by atoms with Crippen molar-refractivity contribution in [3.05, 3.63) is 50.3 Å². The summed E-state index contributed by atoms with van der Waals surface area (Å²) >= 11 is 6.01. The molecule has 21 heavy (non-hydrogen) atoms. The van der Waals surface area contributed by atoms with E-state index in [9.17, 15) is 14.9 Å².